The minimum Gasteiger partial charge on any atom is -0.388 e. The van der Waals surface area contributed by atoms with E-state index in [0.29, 0.717) is 18.4 Å². The summed E-state index contributed by atoms with van der Waals surface area (Å²) in [5, 5.41) is 10.5. The molecular formula is C22H35F3N2O3S. The Labute approximate surface area is 184 Å². The van der Waals surface area contributed by atoms with Gasteiger partial charge < -0.3 is 15.5 Å². The van der Waals surface area contributed by atoms with Gasteiger partial charge in [0, 0.05) is 31.2 Å². The third-order valence-corrected chi connectivity index (χ3v) is 7.12. The first-order chi connectivity index (χ1) is 14.4. The van der Waals surface area contributed by atoms with Crippen molar-refractivity contribution in [1.29, 1.82) is 5.41 Å². The number of halogens is 3. The van der Waals surface area contributed by atoms with Crippen molar-refractivity contribution in [3.8, 4) is 0 Å². The highest BCUT2D eigenvalue weighted by atomic mass is 32.2. The lowest BCUT2D eigenvalue weighted by Gasteiger charge is -2.25. The molecule has 0 bridgehead atoms. The van der Waals surface area contributed by atoms with Crippen molar-refractivity contribution >= 4 is 21.2 Å². The predicted octanol–water partition coefficient (Wildman–Crippen LogP) is 5.96. The maximum absolute atomic E-state index is 14.1. The fourth-order valence-electron chi connectivity index (χ4n) is 2.55. The Kier molecular flexibility index (Phi) is 12.1. The molecule has 9 heteroatoms. The van der Waals surface area contributed by atoms with Gasteiger partial charge in [0.1, 0.15) is 10.6 Å². The highest BCUT2D eigenvalue weighted by Crippen LogP contribution is 2.35. The van der Waals surface area contributed by atoms with Crippen molar-refractivity contribution in [1.82, 2.24) is 0 Å². The molecule has 5 nitrogen and oxygen atoms in total. The number of benzene rings is 1. The van der Waals surface area contributed by atoms with E-state index in [-0.39, 0.29) is 29.1 Å². The lowest BCUT2D eigenvalue weighted by atomic mass is 10.1. The van der Waals surface area contributed by atoms with Crippen LogP contribution >= 0.6 is 0 Å². The summed E-state index contributed by atoms with van der Waals surface area (Å²) >= 11 is 0. The molecule has 1 aliphatic rings. The highest BCUT2D eigenvalue weighted by Gasteiger charge is 2.38. The molecule has 0 radical (unpaired) electrons. The first-order valence-corrected chi connectivity index (χ1v) is 11.8. The number of hydrogen-bond donors (Lipinski definition) is 2. The molecule has 0 saturated heterocycles. The van der Waals surface area contributed by atoms with Crippen molar-refractivity contribution in [2.45, 2.75) is 70.8 Å². The Hall–Kier alpha value is -1.87. The molecule has 1 aromatic rings. The molecule has 0 heterocycles. The van der Waals surface area contributed by atoms with E-state index in [4.69, 9.17) is 5.41 Å². The van der Waals surface area contributed by atoms with Gasteiger partial charge in [0.05, 0.1) is 11.4 Å². The summed E-state index contributed by atoms with van der Waals surface area (Å²) in [6, 6.07) is 3.60. The molecule has 31 heavy (non-hydrogen) atoms. The van der Waals surface area contributed by atoms with Crippen LogP contribution in [0.25, 0.3) is 0 Å². The van der Waals surface area contributed by atoms with Gasteiger partial charge in [-0.1, -0.05) is 20.8 Å². The molecule has 0 aliphatic heterocycles. The number of rotatable bonds is 8. The summed E-state index contributed by atoms with van der Waals surface area (Å²) in [5.74, 6) is -1.33. The maximum Gasteiger partial charge on any atom is 0.278 e. The first-order valence-electron chi connectivity index (χ1n) is 10.2. The number of nitrogens with one attached hydrogen (secondary N) is 2. The minimum atomic E-state index is -3.86. The summed E-state index contributed by atoms with van der Waals surface area (Å²) < 4.78 is 68.5. The summed E-state index contributed by atoms with van der Waals surface area (Å²) in [6.45, 7) is 8.52. The van der Waals surface area contributed by atoms with Crippen LogP contribution in [-0.2, 0) is 20.3 Å². The zero-order valence-corrected chi connectivity index (χ0v) is 20.2. The van der Waals surface area contributed by atoms with Crippen LogP contribution in [0.3, 0.4) is 0 Å². The van der Waals surface area contributed by atoms with Gasteiger partial charge in [0.2, 0.25) is 0 Å². The topological polar surface area (TPSA) is 79.2 Å². The quantitative estimate of drug-likeness (QED) is 0.465. The molecule has 0 atom stereocenters. The zero-order valence-electron chi connectivity index (χ0n) is 19.4. The Morgan fingerprint density at radius 2 is 1.74 bits per heavy atom. The van der Waals surface area contributed by atoms with Gasteiger partial charge in [-0.25, -0.2) is 21.6 Å². The van der Waals surface area contributed by atoms with Gasteiger partial charge in [-0.3, -0.25) is 0 Å². The van der Waals surface area contributed by atoms with E-state index < -0.39 is 32.6 Å². The Balaban J connectivity index is 0.00000165. The average molecular weight is 465 g/mol. The van der Waals surface area contributed by atoms with E-state index in [1.165, 1.54) is 26.0 Å². The largest absolute Gasteiger partial charge is 0.388 e. The molecule has 0 aromatic heterocycles. The summed E-state index contributed by atoms with van der Waals surface area (Å²) in [4.78, 5) is 0. The van der Waals surface area contributed by atoms with Crippen molar-refractivity contribution in [3.05, 3.63) is 40.8 Å². The predicted molar refractivity (Wildman–Crippen MR) is 121 cm³/mol. The second-order valence-electron chi connectivity index (χ2n) is 7.26. The standard InChI is InChI=1S/C18H23F3N2O2S.C2H6O.C2H6/c1-4-15(22)18(2,3)26(24,25)10-12-9-13(7-8-14(12)19)23-16(17(20)21)11-5-6-11;1-3-2;1-2/h7-9,17,22-23H,4-6,10H2,1-3H3;1-2H3;1-2H3. The summed E-state index contributed by atoms with van der Waals surface area (Å²) in [5.41, 5.74) is 0.566. The van der Waals surface area contributed by atoms with E-state index in [1.807, 2.05) is 13.8 Å². The van der Waals surface area contributed by atoms with Gasteiger partial charge in [0.15, 0.2) is 9.84 Å². The number of anilines is 1. The minimum absolute atomic E-state index is 0.0330. The highest BCUT2D eigenvalue weighted by molar-refractivity contribution is 7.92. The normalized spacial score (nSPS) is 12.9. The second kappa shape index (κ2) is 12.9. The maximum atomic E-state index is 14.1. The van der Waals surface area contributed by atoms with Crippen LogP contribution in [0.5, 0.6) is 0 Å². The SMILES string of the molecule is CC.CCC(=N)C(C)(C)S(=O)(=O)Cc1cc(NC(=C2CC2)C(F)F)ccc1F.COC. The molecule has 0 spiro atoms. The van der Waals surface area contributed by atoms with Crippen molar-refractivity contribution in [2.75, 3.05) is 19.5 Å². The fourth-order valence-corrected chi connectivity index (χ4v) is 4.06. The van der Waals surface area contributed by atoms with E-state index in [1.54, 1.807) is 21.1 Å². The van der Waals surface area contributed by atoms with Crippen LogP contribution in [0.4, 0.5) is 18.9 Å². The lowest BCUT2D eigenvalue weighted by molar-refractivity contribution is 0.190. The van der Waals surface area contributed by atoms with E-state index >= 15 is 0 Å². The number of hydrogen-bond acceptors (Lipinski definition) is 5. The van der Waals surface area contributed by atoms with Crippen LogP contribution in [0.15, 0.2) is 29.5 Å². The zero-order chi connectivity index (χ0) is 24.4. The number of methoxy groups -OCH3 is 1. The van der Waals surface area contributed by atoms with Crippen LogP contribution in [0, 0.1) is 11.2 Å². The van der Waals surface area contributed by atoms with Crippen LogP contribution in [0.1, 0.15) is 59.4 Å². The van der Waals surface area contributed by atoms with Crippen molar-refractivity contribution in [3.63, 3.8) is 0 Å². The first kappa shape index (κ1) is 29.1. The van der Waals surface area contributed by atoms with Gasteiger partial charge in [-0.15, -0.1) is 0 Å². The lowest BCUT2D eigenvalue weighted by Crippen LogP contribution is -2.40. The Morgan fingerprint density at radius 1 is 1.23 bits per heavy atom. The monoisotopic (exact) mass is 464 g/mol. The second-order valence-corrected chi connectivity index (χ2v) is 9.80. The number of allylic oxidation sites excluding steroid dienone is 2. The number of ether oxygens (including phenoxy) is 1. The molecule has 1 aliphatic carbocycles. The van der Waals surface area contributed by atoms with Gasteiger partial charge in [-0.2, -0.15) is 0 Å². The van der Waals surface area contributed by atoms with E-state index in [0.717, 1.165) is 6.07 Å². The van der Waals surface area contributed by atoms with Crippen molar-refractivity contribution < 1.29 is 26.3 Å². The van der Waals surface area contributed by atoms with Crippen LogP contribution in [-0.4, -0.2) is 39.5 Å². The van der Waals surface area contributed by atoms with Gasteiger partial charge >= 0.3 is 0 Å². The van der Waals surface area contributed by atoms with E-state index in [2.05, 4.69) is 10.1 Å². The smallest absolute Gasteiger partial charge is 0.278 e. The van der Waals surface area contributed by atoms with E-state index in [9.17, 15) is 21.6 Å². The summed E-state index contributed by atoms with van der Waals surface area (Å²) in [7, 11) is -0.615. The number of sulfone groups is 1. The Bertz CT molecular complexity index is 861. The average Bonchev–Trinajstić information content (AvgIpc) is 3.54. The molecule has 1 fully saturated rings. The molecule has 1 saturated carbocycles. The summed E-state index contributed by atoms with van der Waals surface area (Å²) in [6.07, 6.45) is -1.21. The molecule has 0 amide bonds. The third-order valence-electron chi connectivity index (χ3n) is 4.63. The van der Waals surface area contributed by atoms with Gasteiger partial charge in [0.25, 0.3) is 6.43 Å². The van der Waals surface area contributed by atoms with Crippen molar-refractivity contribution in [2.24, 2.45) is 0 Å². The number of alkyl halides is 2. The van der Waals surface area contributed by atoms with Crippen LogP contribution in [0.2, 0.25) is 0 Å². The molecule has 2 N–H and O–H groups in total. The Morgan fingerprint density at radius 3 is 2.16 bits per heavy atom. The fraction of sp³-hybridized carbons (Fsp3) is 0.591. The molecule has 2 rings (SSSR count). The third kappa shape index (κ3) is 8.29. The molecular weight excluding hydrogens is 429 g/mol. The van der Waals surface area contributed by atoms with Crippen LogP contribution < -0.4 is 5.32 Å². The van der Waals surface area contributed by atoms with Gasteiger partial charge in [-0.05, 0) is 56.9 Å². The molecule has 0 unspecified atom stereocenters. The molecule has 1 aromatic carbocycles. The molecule has 178 valence electrons.